The first kappa shape index (κ1) is 18.0. The Labute approximate surface area is 154 Å². The quantitative estimate of drug-likeness (QED) is 0.867. The van der Waals surface area contributed by atoms with Crippen LogP contribution >= 0.6 is 0 Å². The van der Waals surface area contributed by atoms with Crippen molar-refractivity contribution in [2.24, 2.45) is 5.73 Å². The highest BCUT2D eigenvalue weighted by Crippen LogP contribution is 2.26. The van der Waals surface area contributed by atoms with Crippen molar-refractivity contribution in [2.45, 2.75) is 19.4 Å². The molecule has 0 radical (unpaired) electrons. The third-order valence-electron chi connectivity index (χ3n) is 4.84. The summed E-state index contributed by atoms with van der Waals surface area (Å²) >= 11 is 0. The van der Waals surface area contributed by atoms with Crippen LogP contribution in [0.3, 0.4) is 0 Å². The standard InChI is InChI=1S/C21H25N3O2/c1-15(16-7-4-3-5-8-16)24-12-11-19(20(22)14-24)21(25)23-17-9-6-10-18(13-17)26-2/h3-10,13,15H,11-12,14,22H2,1-2H3,(H,23,25). The largest absolute Gasteiger partial charge is 0.497 e. The second-order valence-corrected chi connectivity index (χ2v) is 6.50. The van der Waals surface area contributed by atoms with Crippen LogP contribution < -0.4 is 15.8 Å². The lowest BCUT2D eigenvalue weighted by atomic mass is 10.00. The molecule has 5 nitrogen and oxygen atoms in total. The van der Waals surface area contributed by atoms with Crippen molar-refractivity contribution in [1.82, 2.24) is 4.90 Å². The molecule has 1 unspecified atom stereocenters. The molecule has 0 bridgehead atoms. The molecule has 3 rings (SSSR count). The zero-order chi connectivity index (χ0) is 18.5. The van der Waals surface area contributed by atoms with Crippen molar-refractivity contribution in [1.29, 1.82) is 0 Å². The summed E-state index contributed by atoms with van der Waals surface area (Å²) < 4.78 is 5.19. The highest BCUT2D eigenvalue weighted by atomic mass is 16.5. The van der Waals surface area contributed by atoms with Gasteiger partial charge in [-0.15, -0.1) is 0 Å². The van der Waals surface area contributed by atoms with Gasteiger partial charge in [0.1, 0.15) is 5.75 Å². The van der Waals surface area contributed by atoms with Crippen LogP contribution in [0.4, 0.5) is 5.69 Å². The van der Waals surface area contributed by atoms with Gasteiger partial charge in [-0.25, -0.2) is 0 Å². The monoisotopic (exact) mass is 351 g/mol. The molecular formula is C21H25N3O2. The number of carbonyl (C=O) groups excluding carboxylic acids is 1. The van der Waals surface area contributed by atoms with E-state index in [1.54, 1.807) is 13.2 Å². The maximum absolute atomic E-state index is 12.6. The first-order chi connectivity index (χ1) is 12.6. The van der Waals surface area contributed by atoms with Gasteiger partial charge in [-0.1, -0.05) is 36.4 Å². The average molecular weight is 351 g/mol. The number of hydrogen-bond acceptors (Lipinski definition) is 4. The molecule has 1 amide bonds. The molecule has 136 valence electrons. The first-order valence-electron chi connectivity index (χ1n) is 8.80. The van der Waals surface area contributed by atoms with E-state index in [1.807, 2.05) is 36.4 Å². The lowest BCUT2D eigenvalue weighted by molar-refractivity contribution is -0.113. The molecule has 1 aliphatic rings. The molecule has 0 aliphatic carbocycles. The summed E-state index contributed by atoms with van der Waals surface area (Å²) in [5.41, 5.74) is 9.52. The molecule has 0 fully saturated rings. The van der Waals surface area contributed by atoms with Gasteiger partial charge < -0.3 is 15.8 Å². The molecule has 1 atom stereocenters. The number of nitrogens with zero attached hydrogens (tertiary/aromatic N) is 1. The van der Waals surface area contributed by atoms with Gasteiger partial charge in [0.05, 0.1) is 7.11 Å². The van der Waals surface area contributed by atoms with E-state index in [2.05, 4.69) is 29.3 Å². The Morgan fingerprint density at radius 2 is 1.96 bits per heavy atom. The molecule has 1 heterocycles. The van der Waals surface area contributed by atoms with E-state index in [9.17, 15) is 4.79 Å². The smallest absolute Gasteiger partial charge is 0.253 e. The molecule has 0 saturated carbocycles. The topological polar surface area (TPSA) is 67.6 Å². The number of methoxy groups -OCH3 is 1. The summed E-state index contributed by atoms with van der Waals surface area (Å²) in [4.78, 5) is 14.9. The lowest BCUT2D eigenvalue weighted by Gasteiger charge is -2.33. The van der Waals surface area contributed by atoms with Crippen LogP contribution in [0.15, 0.2) is 65.9 Å². The number of rotatable bonds is 5. The van der Waals surface area contributed by atoms with Crippen LogP contribution in [-0.4, -0.2) is 31.0 Å². The van der Waals surface area contributed by atoms with Crippen LogP contribution in [0.2, 0.25) is 0 Å². The second-order valence-electron chi connectivity index (χ2n) is 6.50. The minimum Gasteiger partial charge on any atom is -0.497 e. The third kappa shape index (κ3) is 4.06. The number of benzene rings is 2. The van der Waals surface area contributed by atoms with Gasteiger partial charge in [-0.2, -0.15) is 0 Å². The highest BCUT2D eigenvalue weighted by molar-refractivity contribution is 6.04. The summed E-state index contributed by atoms with van der Waals surface area (Å²) in [5, 5.41) is 2.92. The van der Waals surface area contributed by atoms with Crippen LogP contribution in [0.25, 0.3) is 0 Å². The normalized spacial score (nSPS) is 16.2. The van der Waals surface area contributed by atoms with Crippen LogP contribution in [-0.2, 0) is 4.79 Å². The average Bonchev–Trinajstić information content (AvgIpc) is 2.68. The molecule has 26 heavy (non-hydrogen) atoms. The van der Waals surface area contributed by atoms with Crippen molar-refractivity contribution in [2.75, 3.05) is 25.5 Å². The summed E-state index contributed by atoms with van der Waals surface area (Å²) in [6.07, 6.45) is 0.638. The Hall–Kier alpha value is -2.79. The Morgan fingerprint density at radius 3 is 2.65 bits per heavy atom. The zero-order valence-electron chi connectivity index (χ0n) is 15.2. The van der Waals surface area contributed by atoms with Crippen LogP contribution in [0.5, 0.6) is 5.75 Å². The molecule has 5 heteroatoms. The second kappa shape index (κ2) is 8.06. The van der Waals surface area contributed by atoms with E-state index >= 15 is 0 Å². The summed E-state index contributed by atoms with van der Waals surface area (Å²) in [6, 6.07) is 17.9. The van der Waals surface area contributed by atoms with E-state index in [0.29, 0.717) is 35.7 Å². The number of carbonyl (C=O) groups is 1. The number of nitrogens with two attached hydrogens (primary N) is 1. The van der Waals surface area contributed by atoms with Gasteiger partial charge in [0.15, 0.2) is 0 Å². The Bertz CT molecular complexity index is 802. The maximum Gasteiger partial charge on any atom is 0.253 e. The fraction of sp³-hybridized carbons (Fsp3) is 0.286. The van der Waals surface area contributed by atoms with E-state index < -0.39 is 0 Å². The molecule has 3 N–H and O–H groups in total. The van der Waals surface area contributed by atoms with Gasteiger partial charge in [0, 0.05) is 42.2 Å². The predicted octanol–water partition coefficient (Wildman–Crippen LogP) is 3.31. The van der Waals surface area contributed by atoms with E-state index in [4.69, 9.17) is 10.5 Å². The predicted molar refractivity (Wildman–Crippen MR) is 104 cm³/mol. The fourth-order valence-corrected chi connectivity index (χ4v) is 3.25. The molecular weight excluding hydrogens is 326 g/mol. The minimum atomic E-state index is -0.136. The summed E-state index contributed by atoms with van der Waals surface area (Å²) in [7, 11) is 1.60. The molecule has 2 aromatic carbocycles. The van der Waals surface area contributed by atoms with Crippen molar-refractivity contribution in [3.8, 4) is 5.75 Å². The molecule has 0 spiro atoms. The Kier molecular flexibility index (Phi) is 5.58. The van der Waals surface area contributed by atoms with Gasteiger partial charge in [0.2, 0.25) is 0 Å². The lowest BCUT2D eigenvalue weighted by Crippen LogP contribution is -2.38. The fourth-order valence-electron chi connectivity index (χ4n) is 3.25. The summed E-state index contributed by atoms with van der Waals surface area (Å²) in [5.74, 6) is 0.569. The van der Waals surface area contributed by atoms with Crippen LogP contribution in [0.1, 0.15) is 24.9 Å². The van der Waals surface area contributed by atoms with Crippen molar-refractivity contribution < 1.29 is 9.53 Å². The third-order valence-corrected chi connectivity index (χ3v) is 4.84. The number of nitrogens with one attached hydrogen (secondary N) is 1. The van der Waals surface area contributed by atoms with Gasteiger partial charge in [-0.05, 0) is 31.0 Å². The number of hydrogen-bond donors (Lipinski definition) is 2. The molecule has 0 aromatic heterocycles. The van der Waals surface area contributed by atoms with Crippen molar-refractivity contribution >= 4 is 11.6 Å². The maximum atomic E-state index is 12.6. The van der Waals surface area contributed by atoms with E-state index in [1.165, 1.54) is 5.56 Å². The first-order valence-corrected chi connectivity index (χ1v) is 8.80. The Balaban J connectivity index is 1.68. The number of anilines is 1. The summed E-state index contributed by atoms with van der Waals surface area (Å²) in [6.45, 7) is 3.57. The molecule has 2 aromatic rings. The van der Waals surface area contributed by atoms with Gasteiger partial charge >= 0.3 is 0 Å². The number of amides is 1. The molecule has 1 aliphatic heterocycles. The minimum absolute atomic E-state index is 0.136. The van der Waals surface area contributed by atoms with Gasteiger partial charge in [0.25, 0.3) is 5.91 Å². The van der Waals surface area contributed by atoms with Crippen LogP contribution in [0, 0.1) is 0 Å². The zero-order valence-corrected chi connectivity index (χ0v) is 15.2. The SMILES string of the molecule is COc1cccc(NC(=O)C2=C(N)CN(C(C)c3ccccc3)CC2)c1. The van der Waals surface area contributed by atoms with E-state index in [-0.39, 0.29) is 11.9 Å². The molecule has 0 saturated heterocycles. The van der Waals surface area contributed by atoms with Gasteiger partial charge in [-0.3, -0.25) is 9.69 Å². The number of ether oxygens (including phenoxy) is 1. The van der Waals surface area contributed by atoms with E-state index in [0.717, 1.165) is 6.54 Å². The van der Waals surface area contributed by atoms with Crippen molar-refractivity contribution in [3.05, 3.63) is 71.4 Å². The Morgan fingerprint density at radius 1 is 1.19 bits per heavy atom. The van der Waals surface area contributed by atoms with Crippen molar-refractivity contribution in [3.63, 3.8) is 0 Å². The highest BCUT2D eigenvalue weighted by Gasteiger charge is 2.25.